The van der Waals surface area contributed by atoms with E-state index in [9.17, 15) is 9.59 Å². The molecule has 2 nitrogen and oxygen atoms in total. The zero-order chi connectivity index (χ0) is 9.68. The van der Waals surface area contributed by atoms with Gasteiger partial charge in [-0.2, -0.15) is 0 Å². The van der Waals surface area contributed by atoms with Crippen LogP contribution in [0.25, 0.3) is 0 Å². The number of ketones is 2. The van der Waals surface area contributed by atoms with E-state index >= 15 is 0 Å². The maximum Gasteiger partial charge on any atom is 0.136 e. The van der Waals surface area contributed by atoms with Crippen molar-refractivity contribution in [2.75, 3.05) is 0 Å². The first-order chi connectivity index (χ1) is 6.24. The van der Waals surface area contributed by atoms with Crippen molar-refractivity contribution in [2.24, 2.45) is 5.92 Å². The maximum absolute atomic E-state index is 11.5. The molecule has 0 bridgehead atoms. The van der Waals surface area contributed by atoms with Gasteiger partial charge in [0.2, 0.25) is 0 Å². The Balaban J connectivity index is 2.53. The number of Topliss-reactive ketones (excluding diaryl/α,β-unsaturated/α-hetero) is 2. The van der Waals surface area contributed by atoms with Gasteiger partial charge in [-0.3, -0.25) is 9.59 Å². The summed E-state index contributed by atoms with van der Waals surface area (Å²) in [5, 5.41) is 0. The number of carbonyl (C=O) groups excluding carboxylic acids is 2. The normalized spacial score (nSPS) is 25.1. The van der Waals surface area contributed by atoms with Crippen LogP contribution in [0.3, 0.4) is 0 Å². The first-order valence-corrected chi connectivity index (χ1v) is 4.89. The zero-order valence-corrected chi connectivity index (χ0v) is 7.92. The zero-order valence-electron chi connectivity index (χ0n) is 7.92. The van der Waals surface area contributed by atoms with Gasteiger partial charge in [0, 0.05) is 25.2 Å². The molecular weight excluding hydrogens is 164 g/mol. The van der Waals surface area contributed by atoms with E-state index in [2.05, 4.69) is 6.58 Å². The molecule has 0 aromatic carbocycles. The van der Waals surface area contributed by atoms with Gasteiger partial charge >= 0.3 is 0 Å². The summed E-state index contributed by atoms with van der Waals surface area (Å²) in [6, 6.07) is 0. The second-order valence-corrected chi connectivity index (χ2v) is 3.62. The van der Waals surface area contributed by atoms with Gasteiger partial charge in [0.05, 0.1) is 0 Å². The highest BCUT2D eigenvalue weighted by Crippen LogP contribution is 2.20. The van der Waals surface area contributed by atoms with Crippen molar-refractivity contribution < 1.29 is 9.59 Å². The Morgan fingerprint density at radius 2 is 2.08 bits per heavy atom. The molecule has 0 radical (unpaired) electrons. The minimum absolute atomic E-state index is 0.0572. The van der Waals surface area contributed by atoms with Crippen LogP contribution in [0.5, 0.6) is 0 Å². The fraction of sp³-hybridized carbons (Fsp3) is 0.636. The Morgan fingerprint density at radius 3 is 2.77 bits per heavy atom. The van der Waals surface area contributed by atoms with E-state index < -0.39 is 0 Å². The Morgan fingerprint density at radius 1 is 1.31 bits per heavy atom. The smallest absolute Gasteiger partial charge is 0.136 e. The second-order valence-electron chi connectivity index (χ2n) is 3.62. The van der Waals surface area contributed by atoms with E-state index in [-0.39, 0.29) is 5.92 Å². The molecule has 0 amide bonds. The number of carbonyl (C=O) groups is 2. The van der Waals surface area contributed by atoms with Crippen LogP contribution < -0.4 is 0 Å². The lowest BCUT2D eigenvalue weighted by molar-refractivity contribution is -0.125. The molecule has 1 rings (SSSR count). The topological polar surface area (TPSA) is 34.1 Å². The summed E-state index contributed by atoms with van der Waals surface area (Å²) in [7, 11) is 0. The van der Waals surface area contributed by atoms with Crippen LogP contribution in [-0.4, -0.2) is 11.6 Å². The van der Waals surface area contributed by atoms with Crippen molar-refractivity contribution in [1.82, 2.24) is 0 Å². The maximum atomic E-state index is 11.5. The van der Waals surface area contributed by atoms with Crippen LogP contribution in [0, 0.1) is 5.92 Å². The van der Waals surface area contributed by atoms with E-state index in [4.69, 9.17) is 0 Å². The van der Waals surface area contributed by atoms with Gasteiger partial charge in [-0.15, -0.1) is 6.58 Å². The molecule has 0 heterocycles. The van der Waals surface area contributed by atoms with Gasteiger partial charge in [0.1, 0.15) is 11.6 Å². The van der Waals surface area contributed by atoms with Crippen LogP contribution in [0.15, 0.2) is 12.7 Å². The van der Waals surface area contributed by atoms with Crippen LogP contribution in [0.2, 0.25) is 0 Å². The van der Waals surface area contributed by atoms with Crippen LogP contribution in [-0.2, 0) is 9.59 Å². The molecule has 0 aromatic heterocycles. The molecule has 13 heavy (non-hydrogen) atoms. The van der Waals surface area contributed by atoms with Crippen molar-refractivity contribution in [1.29, 1.82) is 0 Å². The Labute approximate surface area is 79.0 Å². The SMILES string of the molecule is C=CCC1CCC(=O)CCCC1=O. The monoisotopic (exact) mass is 180 g/mol. The van der Waals surface area contributed by atoms with Gasteiger partial charge in [-0.25, -0.2) is 0 Å². The molecule has 0 saturated heterocycles. The highest BCUT2D eigenvalue weighted by Gasteiger charge is 2.20. The molecule has 0 spiro atoms. The average molecular weight is 180 g/mol. The van der Waals surface area contributed by atoms with Crippen molar-refractivity contribution in [2.45, 2.75) is 38.5 Å². The standard InChI is InChI=1S/C11H16O2/c1-2-4-9-7-8-10(12)5-3-6-11(9)13/h2,9H,1,3-8H2. The number of hydrogen-bond acceptors (Lipinski definition) is 2. The number of allylic oxidation sites excluding steroid dienone is 1. The molecule has 1 aliphatic rings. The van der Waals surface area contributed by atoms with Crippen molar-refractivity contribution >= 4 is 11.6 Å². The highest BCUT2D eigenvalue weighted by molar-refractivity contribution is 5.85. The lowest BCUT2D eigenvalue weighted by Crippen LogP contribution is -2.18. The lowest BCUT2D eigenvalue weighted by atomic mass is 9.87. The lowest BCUT2D eigenvalue weighted by Gasteiger charge is -2.16. The summed E-state index contributed by atoms with van der Waals surface area (Å²) < 4.78 is 0. The van der Waals surface area contributed by atoms with E-state index in [0.29, 0.717) is 30.8 Å². The number of hydrogen-bond donors (Lipinski definition) is 0. The quantitative estimate of drug-likeness (QED) is 0.611. The van der Waals surface area contributed by atoms with Crippen molar-refractivity contribution in [3.05, 3.63) is 12.7 Å². The molecule has 1 atom stereocenters. The van der Waals surface area contributed by atoms with E-state index in [0.717, 1.165) is 19.3 Å². The Kier molecular flexibility index (Phi) is 3.87. The molecule has 1 saturated carbocycles. The van der Waals surface area contributed by atoms with E-state index in [1.807, 2.05) is 0 Å². The molecule has 0 aliphatic heterocycles. The van der Waals surface area contributed by atoms with Crippen LogP contribution >= 0.6 is 0 Å². The Hall–Kier alpha value is -0.920. The molecule has 1 fully saturated rings. The fourth-order valence-electron chi connectivity index (χ4n) is 1.74. The molecule has 1 unspecified atom stereocenters. The average Bonchev–Trinajstić information content (AvgIpc) is 2.10. The first kappa shape index (κ1) is 10.2. The first-order valence-electron chi connectivity index (χ1n) is 4.89. The minimum Gasteiger partial charge on any atom is -0.300 e. The third kappa shape index (κ3) is 3.13. The van der Waals surface area contributed by atoms with Crippen molar-refractivity contribution in [3.8, 4) is 0 Å². The fourth-order valence-corrected chi connectivity index (χ4v) is 1.74. The van der Waals surface area contributed by atoms with Gasteiger partial charge in [0.15, 0.2) is 0 Å². The third-order valence-electron chi connectivity index (χ3n) is 2.56. The summed E-state index contributed by atoms with van der Waals surface area (Å²) in [6.07, 6.45) is 5.71. The summed E-state index contributed by atoms with van der Waals surface area (Å²) >= 11 is 0. The highest BCUT2D eigenvalue weighted by atomic mass is 16.1. The Bertz CT molecular complexity index is 218. The largest absolute Gasteiger partial charge is 0.300 e. The molecule has 0 N–H and O–H groups in total. The van der Waals surface area contributed by atoms with Gasteiger partial charge in [-0.1, -0.05) is 6.08 Å². The third-order valence-corrected chi connectivity index (χ3v) is 2.56. The van der Waals surface area contributed by atoms with Gasteiger partial charge in [0.25, 0.3) is 0 Å². The molecule has 2 heteroatoms. The second kappa shape index (κ2) is 4.95. The van der Waals surface area contributed by atoms with Gasteiger partial charge < -0.3 is 0 Å². The summed E-state index contributed by atoms with van der Waals surface area (Å²) in [5.74, 6) is 0.677. The molecule has 0 aromatic rings. The predicted molar refractivity (Wildman–Crippen MR) is 51.4 cm³/mol. The van der Waals surface area contributed by atoms with E-state index in [1.165, 1.54) is 0 Å². The van der Waals surface area contributed by atoms with Crippen molar-refractivity contribution in [3.63, 3.8) is 0 Å². The van der Waals surface area contributed by atoms with Crippen LogP contribution in [0.4, 0.5) is 0 Å². The summed E-state index contributed by atoms with van der Waals surface area (Å²) in [5.41, 5.74) is 0. The molecule has 72 valence electrons. The van der Waals surface area contributed by atoms with Gasteiger partial charge in [-0.05, 0) is 19.3 Å². The summed E-state index contributed by atoms with van der Waals surface area (Å²) in [4.78, 5) is 22.7. The predicted octanol–water partition coefficient (Wildman–Crippen LogP) is 2.28. The molecule has 1 aliphatic carbocycles. The summed E-state index contributed by atoms with van der Waals surface area (Å²) in [6.45, 7) is 3.63. The van der Waals surface area contributed by atoms with E-state index in [1.54, 1.807) is 6.08 Å². The molecular formula is C11H16O2. The van der Waals surface area contributed by atoms with Crippen LogP contribution in [0.1, 0.15) is 38.5 Å². The number of rotatable bonds is 2. The minimum atomic E-state index is 0.0572.